The van der Waals surface area contributed by atoms with Crippen molar-refractivity contribution in [2.24, 2.45) is 0 Å². The molecule has 1 aromatic heterocycles. The molecule has 1 aromatic rings. The van der Waals surface area contributed by atoms with Crippen LogP contribution in [0.25, 0.3) is 0 Å². The fourth-order valence-corrected chi connectivity index (χ4v) is 1.13. The van der Waals surface area contributed by atoms with E-state index in [1.54, 1.807) is 13.8 Å². The van der Waals surface area contributed by atoms with Crippen LogP contribution < -0.4 is 10.1 Å². The van der Waals surface area contributed by atoms with Crippen molar-refractivity contribution in [2.45, 2.75) is 25.9 Å². The minimum atomic E-state index is -3.32. The third-order valence-corrected chi connectivity index (χ3v) is 1.99. The second kappa shape index (κ2) is 6.99. The largest absolute Gasteiger partial charge is 0.471 e. The average molecular weight is 290 g/mol. The van der Waals surface area contributed by atoms with Gasteiger partial charge in [-0.25, -0.2) is 18.6 Å². The van der Waals surface area contributed by atoms with Crippen molar-refractivity contribution in [3.8, 4) is 5.88 Å². The van der Waals surface area contributed by atoms with Crippen molar-refractivity contribution in [1.82, 2.24) is 4.98 Å². The fraction of sp³-hybridized carbons (Fsp3) is 0.500. The van der Waals surface area contributed by atoms with Gasteiger partial charge in [0.1, 0.15) is 6.61 Å². The summed E-state index contributed by atoms with van der Waals surface area (Å²) in [5, 5.41) is 10.8. The van der Waals surface area contributed by atoms with Crippen LogP contribution in [0.2, 0.25) is 0 Å². The number of aromatic nitrogens is 1. The lowest BCUT2D eigenvalue weighted by molar-refractivity contribution is -0.0809. The Labute approximate surface area is 114 Å². The molecule has 1 rings (SSSR count). The molecular weight excluding hydrogens is 274 g/mol. The number of nitrogens with one attached hydrogen (secondary N) is 1. The van der Waals surface area contributed by atoms with E-state index in [2.05, 4.69) is 10.3 Å². The van der Waals surface area contributed by atoms with Crippen molar-refractivity contribution in [3.63, 3.8) is 0 Å². The number of carbonyl (C=O) groups is 1. The van der Waals surface area contributed by atoms with Crippen LogP contribution in [0.5, 0.6) is 5.88 Å². The lowest BCUT2D eigenvalue weighted by Crippen LogP contribution is -2.29. The van der Waals surface area contributed by atoms with Gasteiger partial charge in [0.15, 0.2) is 6.61 Å². The van der Waals surface area contributed by atoms with Crippen molar-refractivity contribution in [1.29, 1.82) is 0 Å². The normalized spacial score (nSPS) is 11.3. The molecule has 1 amide bonds. The van der Waals surface area contributed by atoms with Gasteiger partial charge in [-0.15, -0.1) is 0 Å². The third-order valence-electron chi connectivity index (χ3n) is 1.99. The Hall–Kier alpha value is -1.96. The van der Waals surface area contributed by atoms with Gasteiger partial charge in [0.25, 0.3) is 0 Å². The van der Waals surface area contributed by atoms with Gasteiger partial charge in [-0.2, -0.15) is 0 Å². The van der Waals surface area contributed by atoms with Crippen LogP contribution in [-0.4, -0.2) is 41.4 Å². The second-order valence-corrected chi connectivity index (χ2v) is 4.27. The summed E-state index contributed by atoms with van der Waals surface area (Å²) in [6.45, 7) is 1.14. The topological polar surface area (TPSA) is 80.7 Å². The van der Waals surface area contributed by atoms with E-state index < -0.39 is 25.2 Å². The van der Waals surface area contributed by atoms with Crippen LogP contribution in [0.3, 0.4) is 0 Å². The maximum absolute atomic E-state index is 12.7. The minimum absolute atomic E-state index is 0.0408. The Morgan fingerprint density at radius 1 is 1.50 bits per heavy atom. The van der Waals surface area contributed by atoms with Gasteiger partial charge in [-0.1, -0.05) is 0 Å². The maximum atomic E-state index is 12.7. The quantitative estimate of drug-likeness (QED) is 0.838. The molecular formula is C12H16F2N2O4. The summed E-state index contributed by atoms with van der Waals surface area (Å²) in [4.78, 5) is 15.0. The van der Waals surface area contributed by atoms with Crippen LogP contribution in [-0.2, 0) is 4.74 Å². The van der Waals surface area contributed by atoms with Crippen LogP contribution in [0.1, 0.15) is 13.8 Å². The Kier molecular flexibility index (Phi) is 5.63. The molecule has 0 unspecified atom stereocenters. The molecule has 0 atom stereocenters. The molecule has 0 aliphatic rings. The lowest BCUT2D eigenvalue weighted by atomic mass is 10.4. The second-order valence-electron chi connectivity index (χ2n) is 4.27. The summed E-state index contributed by atoms with van der Waals surface area (Å²) in [5.41, 5.74) is 0.344. The number of rotatable bonds is 6. The smallest absolute Gasteiger partial charge is 0.411 e. The first-order valence-corrected chi connectivity index (χ1v) is 5.87. The van der Waals surface area contributed by atoms with Gasteiger partial charge < -0.3 is 14.6 Å². The number of hydrogen-bond acceptors (Lipinski definition) is 5. The molecule has 8 heteroatoms. The zero-order valence-electron chi connectivity index (χ0n) is 11.1. The number of aliphatic hydroxyl groups is 1. The number of carbonyl (C=O) groups excluding carboxylic acids is 1. The van der Waals surface area contributed by atoms with Crippen LogP contribution in [0.4, 0.5) is 19.3 Å². The summed E-state index contributed by atoms with van der Waals surface area (Å²) in [7, 11) is 0. The first-order valence-electron chi connectivity index (χ1n) is 5.87. The van der Waals surface area contributed by atoms with Gasteiger partial charge in [0, 0.05) is 6.07 Å². The molecule has 2 N–H and O–H groups in total. The van der Waals surface area contributed by atoms with Gasteiger partial charge in [0.05, 0.1) is 18.0 Å². The Balaban J connectivity index is 2.50. The Bertz CT molecular complexity index is 438. The van der Waals surface area contributed by atoms with Crippen LogP contribution in [0, 0.1) is 0 Å². The maximum Gasteiger partial charge on any atom is 0.411 e. The van der Waals surface area contributed by atoms with Gasteiger partial charge in [-0.05, 0) is 19.9 Å². The van der Waals surface area contributed by atoms with Crippen molar-refractivity contribution in [3.05, 3.63) is 18.3 Å². The van der Waals surface area contributed by atoms with E-state index >= 15 is 0 Å². The number of pyridine rings is 1. The lowest BCUT2D eigenvalue weighted by Gasteiger charge is -2.14. The van der Waals surface area contributed by atoms with Crippen molar-refractivity contribution in [2.75, 3.05) is 18.5 Å². The van der Waals surface area contributed by atoms with E-state index in [4.69, 9.17) is 14.6 Å². The number of alkyl halides is 2. The van der Waals surface area contributed by atoms with E-state index in [0.29, 0.717) is 5.69 Å². The molecule has 0 spiro atoms. The van der Waals surface area contributed by atoms with E-state index in [9.17, 15) is 13.6 Å². The molecule has 0 saturated carbocycles. The number of halogens is 2. The summed E-state index contributed by atoms with van der Waals surface area (Å²) >= 11 is 0. The van der Waals surface area contributed by atoms with E-state index in [0.717, 1.165) is 0 Å². The van der Waals surface area contributed by atoms with Gasteiger partial charge in [0.2, 0.25) is 5.88 Å². The van der Waals surface area contributed by atoms with E-state index in [1.165, 1.54) is 18.3 Å². The number of amides is 1. The van der Waals surface area contributed by atoms with Gasteiger partial charge in [-0.3, -0.25) is 5.32 Å². The summed E-state index contributed by atoms with van der Waals surface area (Å²) in [6.07, 6.45) is 0.349. The molecule has 0 aliphatic carbocycles. The number of hydrogen-bond donors (Lipinski definition) is 2. The van der Waals surface area contributed by atoms with Crippen molar-refractivity contribution >= 4 is 11.8 Å². The standard InChI is InChI=1S/C12H16F2N2O4/c1-8(2)20-11(18)16-9-3-4-10(15-5-9)19-7-12(13,14)6-17/h3-5,8,17H,6-7H2,1-2H3,(H,16,18). The highest BCUT2D eigenvalue weighted by atomic mass is 19.3. The molecule has 1 heterocycles. The zero-order chi connectivity index (χ0) is 15.2. The summed E-state index contributed by atoms with van der Waals surface area (Å²) in [6, 6.07) is 2.75. The molecule has 0 aromatic carbocycles. The molecule has 112 valence electrons. The highest BCUT2D eigenvalue weighted by Crippen LogP contribution is 2.16. The number of nitrogens with zero attached hydrogens (tertiary/aromatic N) is 1. The summed E-state index contributed by atoms with van der Waals surface area (Å²) in [5.74, 6) is -3.36. The number of aliphatic hydroxyl groups excluding tert-OH is 1. The Morgan fingerprint density at radius 2 is 2.20 bits per heavy atom. The van der Waals surface area contributed by atoms with Crippen LogP contribution >= 0.6 is 0 Å². The molecule has 0 bridgehead atoms. The first kappa shape index (κ1) is 16.1. The van der Waals surface area contributed by atoms with E-state index in [1.807, 2.05) is 0 Å². The molecule has 20 heavy (non-hydrogen) atoms. The Morgan fingerprint density at radius 3 is 2.70 bits per heavy atom. The number of ether oxygens (including phenoxy) is 2. The van der Waals surface area contributed by atoms with E-state index in [-0.39, 0.29) is 12.0 Å². The van der Waals surface area contributed by atoms with Crippen LogP contribution in [0.15, 0.2) is 18.3 Å². The molecule has 6 nitrogen and oxygen atoms in total. The number of anilines is 1. The summed E-state index contributed by atoms with van der Waals surface area (Å²) < 4.78 is 35.0. The predicted molar refractivity (Wildman–Crippen MR) is 67.0 cm³/mol. The zero-order valence-corrected chi connectivity index (χ0v) is 11.1. The van der Waals surface area contributed by atoms with Gasteiger partial charge >= 0.3 is 12.0 Å². The minimum Gasteiger partial charge on any atom is -0.471 e. The highest BCUT2D eigenvalue weighted by Gasteiger charge is 2.29. The molecule has 0 fully saturated rings. The SMILES string of the molecule is CC(C)OC(=O)Nc1ccc(OCC(F)(F)CO)nc1. The van der Waals surface area contributed by atoms with Crippen molar-refractivity contribution < 1.29 is 28.2 Å². The average Bonchev–Trinajstić information content (AvgIpc) is 2.37. The molecule has 0 aliphatic heterocycles. The predicted octanol–water partition coefficient (Wildman–Crippen LogP) is 2.04. The highest BCUT2D eigenvalue weighted by molar-refractivity contribution is 5.84. The third kappa shape index (κ3) is 5.79. The fourth-order valence-electron chi connectivity index (χ4n) is 1.13. The monoisotopic (exact) mass is 290 g/mol. The molecule has 0 saturated heterocycles. The first-order chi connectivity index (χ1) is 9.32. The molecule has 0 radical (unpaired) electrons.